The maximum atomic E-state index is 9.92. The Hall–Kier alpha value is -1.87. The van der Waals surface area contributed by atoms with Crippen LogP contribution in [0.1, 0.15) is 36.9 Å². The van der Waals surface area contributed by atoms with Crippen molar-refractivity contribution in [2.75, 3.05) is 11.4 Å². The molecule has 0 fully saturated rings. The van der Waals surface area contributed by atoms with E-state index in [9.17, 15) is 5.11 Å². The third kappa shape index (κ3) is 3.36. The van der Waals surface area contributed by atoms with Crippen molar-refractivity contribution in [2.45, 2.75) is 33.4 Å². The first-order valence-electron chi connectivity index (χ1n) is 7.06. The number of para-hydroxylation sites is 1. The van der Waals surface area contributed by atoms with Gasteiger partial charge in [0.25, 0.3) is 0 Å². The number of hydrogen-bond acceptors (Lipinski definition) is 3. The third-order valence-corrected chi connectivity index (χ3v) is 3.41. The van der Waals surface area contributed by atoms with Gasteiger partial charge in [-0.05, 0) is 39.0 Å². The van der Waals surface area contributed by atoms with E-state index in [1.54, 1.807) is 6.92 Å². The van der Waals surface area contributed by atoms with E-state index in [4.69, 9.17) is 0 Å². The summed E-state index contributed by atoms with van der Waals surface area (Å²) in [7, 11) is 0. The Kier molecular flexibility index (Phi) is 4.74. The summed E-state index contributed by atoms with van der Waals surface area (Å²) in [6, 6.07) is 14.1. The lowest BCUT2D eigenvalue weighted by molar-refractivity contribution is 0.199. The van der Waals surface area contributed by atoms with Crippen LogP contribution in [0.4, 0.5) is 5.69 Å². The van der Waals surface area contributed by atoms with Gasteiger partial charge in [0.1, 0.15) is 0 Å². The zero-order valence-corrected chi connectivity index (χ0v) is 12.4. The Morgan fingerprint density at radius 3 is 2.55 bits per heavy atom. The fourth-order valence-electron chi connectivity index (χ4n) is 2.38. The quantitative estimate of drug-likeness (QED) is 0.903. The van der Waals surface area contributed by atoms with Crippen LogP contribution in [0.5, 0.6) is 0 Å². The molecule has 0 unspecified atom stereocenters. The summed E-state index contributed by atoms with van der Waals surface area (Å²) in [4.78, 5) is 6.80. The number of pyridine rings is 1. The summed E-state index contributed by atoms with van der Waals surface area (Å²) in [5, 5.41) is 9.92. The summed E-state index contributed by atoms with van der Waals surface area (Å²) in [5.41, 5.74) is 4.12. The number of aliphatic hydroxyl groups excluding tert-OH is 1. The van der Waals surface area contributed by atoms with Crippen molar-refractivity contribution >= 4 is 5.69 Å². The standard InChI is InChI=1S/C17H22N2O/c1-4-19(12-15-9-7-8-13(2)18-15)17-11-6-5-10-16(17)14(3)20/h5-11,14,20H,4,12H2,1-3H3/t14-/m0/s1. The van der Waals surface area contributed by atoms with Gasteiger partial charge in [0.05, 0.1) is 18.3 Å². The zero-order chi connectivity index (χ0) is 14.5. The minimum atomic E-state index is -0.467. The van der Waals surface area contributed by atoms with Crippen LogP contribution >= 0.6 is 0 Å². The second-order valence-corrected chi connectivity index (χ2v) is 5.02. The molecule has 1 atom stereocenters. The Morgan fingerprint density at radius 1 is 1.15 bits per heavy atom. The molecule has 2 aromatic rings. The highest BCUT2D eigenvalue weighted by atomic mass is 16.3. The van der Waals surface area contributed by atoms with E-state index in [2.05, 4.69) is 22.9 Å². The van der Waals surface area contributed by atoms with Gasteiger partial charge in [-0.15, -0.1) is 0 Å². The van der Waals surface area contributed by atoms with E-state index in [-0.39, 0.29) is 0 Å². The first-order chi connectivity index (χ1) is 9.61. The number of rotatable bonds is 5. The van der Waals surface area contributed by atoms with Gasteiger partial charge in [-0.25, -0.2) is 0 Å². The number of nitrogens with zero attached hydrogens (tertiary/aromatic N) is 2. The fourth-order valence-corrected chi connectivity index (χ4v) is 2.38. The van der Waals surface area contributed by atoms with Crippen molar-refractivity contribution in [3.8, 4) is 0 Å². The molecular formula is C17H22N2O. The van der Waals surface area contributed by atoms with Crippen LogP contribution in [0.3, 0.4) is 0 Å². The Bertz CT molecular complexity index is 566. The van der Waals surface area contributed by atoms with Crippen molar-refractivity contribution in [3.05, 3.63) is 59.4 Å². The number of aryl methyl sites for hydroxylation is 1. The molecule has 0 aliphatic carbocycles. The maximum Gasteiger partial charge on any atom is 0.0781 e. The number of hydrogen-bond donors (Lipinski definition) is 1. The molecule has 2 rings (SSSR count). The molecule has 0 saturated heterocycles. The topological polar surface area (TPSA) is 36.4 Å². The average Bonchev–Trinajstić information content (AvgIpc) is 2.45. The van der Waals surface area contributed by atoms with E-state index >= 15 is 0 Å². The van der Waals surface area contributed by atoms with Gasteiger partial charge in [0, 0.05) is 23.5 Å². The van der Waals surface area contributed by atoms with Crippen molar-refractivity contribution in [2.24, 2.45) is 0 Å². The zero-order valence-electron chi connectivity index (χ0n) is 12.4. The van der Waals surface area contributed by atoms with Crippen LogP contribution in [0.25, 0.3) is 0 Å². The summed E-state index contributed by atoms with van der Waals surface area (Å²) in [6.07, 6.45) is -0.467. The van der Waals surface area contributed by atoms with Crippen LogP contribution < -0.4 is 4.90 Å². The van der Waals surface area contributed by atoms with E-state index < -0.39 is 6.10 Å². The molecule has 3 heteroatoms. The predicted octanol–water partition coefficient (Wildman–Crippen LogP) is 3.47. The van der Waals surface area contributed by atoms with Gasteiger partial charge < -0.3 is 10.0 Å². The van der Waals surface area contributed by atoms with Crippen molar-refractivity contribution in [3.63, 3.8) is 0 Å². The molecule has 0 aliphatic rings. The summed E-state index contributed by atoms with van der Waals surface area (Å²) in [5.74, 6) is 0. The maximum absolute atomic E-state index is 9.92. The van der Waals surface area contributed by atoms with Gasteiger partial charge in [-0.1, -0.05) is 24.3 Å². The van der Waals surface area contributed by atoms with E-state index in [1.807, 2.05) is 43.3 Å². The molecule has 0 radical (unpaired) electrons. The SMILES string of the molecule is CCN(Cc1cccc(C)n1)c1ccccc1[C@H](C)O. The average molecular weight is 270 g/mol. The Balaban J connectivity index is 2.29. The van der Waals surface area contributed by atoms with Crippen molar-refractivity contribution < 1.29 is 5.11 Å². The summed E-state index contributed by atoms with van der Waals surface area (Å²) >= 11 is 0. The summed E-state index contributed by atoms with van der Waals surface area (Å²) < 4.78 is 0. The van der Waals surface area contributed by atoms with Crippen LogP contribution in [0, 0.1) is 6.92 Å². The number of aliphatic hydroxyl groups is 1. The molecular weight excluding hydrogens is 248 g/mol. The largest absolute Gasteiger partial charge is 0.389 e. The van der Waals surface area contributed by atoms with Gasteiger partial charge in [-0.2, -0.15) is 0 Å². The monoisotopic (exact) mass is 270 g/mol. The molecule has 1 N–H and O–H groups in total. The molecule has 0 aliphatic heterocycles. The molecule has 0 amide bonds. The van der Waals surface area contributed by atoms with E-state index in [0.717, 1.165) is 35.7 Å². The number of benzene rings is 1. The third-order valence-electron chi connectivity index (χ3n) is 3.41. The Morgan fingerprint density at radius 2 is 1.90 bits per heavy atom. The highest BCUT2D eigenvalue weighted by Crippen LogP contribution is 2.27. The molecule has 20 heavy (non-hydrogen) atoms. The van der Waals surface area contributed by atoms with Crippen LogP contribution in [0.2, 0.25) is 0 Å². The fraction of sp³-hybridized carbons (Fsp3) is 0.353. The van der Waals surface area contributed by atoms with Gasteiger partial charge in [0.2, 0.25) is 0 Å². The number of anilines is 1. The normalized spacial score (nSPS) is 12.2. The lowest BCUT2D eigenvalue weighted by atomic mass is 10.1. The first-order valence-corrected chi connectivity index (χ1v) is 7.06. The number of aromatic nitrogens is 1. The van der Waals surface area contributed by atoms with Gasteiger partial charge in [-0.3, -0.25) is 4.98 Å². The smallest absolute Gasteiger partial charge is 0.0781 e. The Labute approximate surface area is 120 Å². The molecule has 0 spiro atoms. The summed E-state index contributed by atoms with van der Waals surface area (Å²) in [6.45, 7) is 7.55. The van der Waals surface area contributed by atoms with Crippen molar-refractivity contribution in [1.82, 2.24) is 4.98 Å². The molecule has 3 nitrogen and oxygen atoms in total. The predicted molar refractivity (Wildman–Crippen MR) is 82.8 cm³/mol. The highest BCUT2D eigenvalue weighted by Gasteiger charge is 2.13. The van der Waals surface area contributed by atoms with Crippen LogP contribution in [0.15, 0.2) is 42.5 Å². The van der Waals surface area contributed by atoms with E-state index in [0.29, 0.717) is 0 Å². The molecule has 106 valence electrons. The van der Waals surface area contributed by atoms with Gasteiger partial charge >= 0.3 is 0 Å². The lowest BCUT2D eigenvalue weighted by Crippen LogP contribution is -2.24. The molecule has 0 saturated carbocycles. The van der Waals surface area contributed by atoms with E-state index in [1.165, 1.54) is 0 Å². The highest BCUT2D eigenvalue weighted by molar-refractivity contribution is 5.54. The molecule has 1 aromatic carbocycles. The van der Waals surface area contributed by atoms with Crippen LogP contribution in [-0.4, -0.2) is 16.6 Å². The molecule has 0 bridgehead atoms. The van der Waals surface area contributed by atoms with Crippen LogP contribution in [-0.2, 0) is 6.54 Å². The molecule has 1 aromatic heterocycles. The minimum absolute atomic E-state index is 0.467. The minimum Gasteiger partial charge on any atom is -0.389 e. The van der Waals surface area contributed by atoms with Gasteiger partial charge in [0.15, 0.2) is 0 Å². The second kappa shape index (κ2) is 6.53. The molecule has 1 heterocycles. The van der Waals surface area contributed by atoms with Crippen molar-refractivity contribution in [1.29, 1.82) is 0 Å². The second-order valence-electron chi connectivity index (χ2n) is 5.02. The first kappa shape index (κ1) is 14.5. The lowest BCUT2D eigenvalue weighted by Gasteiger charge is -2.26.